The van der Waals surface area contributed by atoms with Crippen LogP contribution in [0.15, 0.2) is 91.6 Å². The fourth-order valence-electron chi connectivity index (χ4n) is 4.67. The summed E-state index contributed by atoms with van der Waals surface area (Å²) < 4.78 is 108. The van der Waals surface area contributed by atoms with Crippen LogP contribution in [-0.4, -0.2) is 71.9 Å². The quantitative estimate of drug-likeness (QED) is 0.0671. The second-order valence-corrected chi connectivity index (χ2v) is 14.3. The van der Waals surface area contributed by atoms with Gasteiger partial charge in [0.05, 0.1) is 37.0 Å². The summed E-state index contributed by atoms with van der Waals surface area (Å²) in [5.74, 6) is -2.31. The molecule has 0 atom stereocenters. The SMILES string of the molecule is Cc1nc(Nc2ccc(S(=O)(=O)[O-])c3cc(S(=O)(=O)[O-])c(N=Nc4ccccc4C(N)=O)c(O)c23)nc(N(C)c2cccc(S(=O)(=O)[O-])c2)n1.[Na+].[Na+].[Na+]. The van der Waals surface area contributed by atoms with Crippen LogP contribution in [0, 0.1) is 6.92 Å². The van der Waals surface area contributed by atoms with Gasteiger partial charge in [0.2, 0.25) is 11.9 Å². The number of nitrogens with one attached hydrogen (secondary N) is 1. The van der Waals surface area contributed by atoms with E-state index >= 15 is 0 Å². The summed E-state index contributed by atoms with van der Waals surface area (Å²) in [4.78, 5) is 23.0. The first kappa shape index (κ1) is 46.5. The molecule has 260 valence electrons. The van der Waals surface area contributed by atoms with Crippen molar-refractivity contribution in [2.75, 3.05) is 17.3 Å². The largest absolute Gasteiger partial charge is 1.00 e. The number of hydrogen-bond acceptors (Lipinski definition) is 18. The van der Waals surface area contributed by atoms with Gasteiger partial charge in [-0.3, -0.25) is 4.79 Å². The molecule has 1 heterocycles. The average molecular weight is 811 g/mol. The number of aryl methyl sites for hydroxylation is 1. The van der Waals surface area contributed by atoms with Gasteiger partial charge in [0.15, 0.2) is 5.75 Å². The number of phenolic OH excluding ortho intramolecular Hbond substituents is 1. The summed E-state index contributed by atoms with van der Waals surface area (Å²) in [6.07, 6.45) is 0. The van der Waals surface area contributed by atoms with Crippen LogP contribution in [0.4, 0.5) is 34.6 Å². The van der Waals surface area contributed by atoms with E-state index in [0.29, 0.717) is 6.07 Å². The number of benzene rings is 4. The minimum absolute atomic E-state index is 0. The number of amides is 1. The Morgan fingerprint density at radius 3 is 2.06 bits per heavy atom. The zero-order valence-electron chi connectivity index (χ0n) is 28.4. The van der Waals surface area contributed by atoms with Gasteiger partial charge in [-0.15, -0.1) is 10.2 Å². The summed E-state index contributed by atoms with van der Waals surface area (Å²) in [5, 5.41) is 20.4. The molecule has 4 aromatic carbocycles. The van der Waals surface area contributed by atoms with Crippen LogP contribution in [0.1, 0.15) is 16.2 Å². The molecule has 0 spiro atoms. The van der Waals surface area contributed by atoms with Crippen LogP contribution in [0.5, 0.6) is 5.75 Å². The van der Waals surface area contributed by atoms with Gasteiger partial charge in [0.1, 0.15) is 41.9 Å². The zero-order valence-corrected chi connectivity index (χ0v) is 36.8. The Kier molecular flexibility index (Phi) is 15.7. The number of carbonyl (C=O) groups excluding carboxylic acids is 1. The maximum atomic E-state index is 12.3. The van der Waals surface area contributed by atoms with Gasteiger partial charge in [-0.25, -0.2) is 25.3 Å². The fourth-order valence-corrected chi connectivity index (χ4v) is 6.48. The first-order valence-electron chi connectivity index (χ1n) is 13.6. The molecule has 0 saturated heterocycles. The van der Waals surface area contributed by atoms with E-state index in [1.165, 1.54) is 55.3 Å². The van der Waals surface area contributed by atoms with E-state index < -0.39 is 73.2 Å². The predicted molar refractivity (Wildman–Crippen MR) is 171 cm³/mol. The molecule has 0 fully saturated rings. The first-order chi connectivity index (χ1) is 23.3. The molecule has 25 heteroatoms. The Labute approximate surface area is 368 Å². The molecule has 0 unspecified atom stereocenters. The number of primary amides is 1. The van der Waals surface area contributed by atoms with Gasteiger partial charge in [-0.05, 0) is 55.5 Å². The molecule has 1 aromatic heterocycles. The van der Waals surface area contributed by atoms with E-state index in [9.17, 15) is 48.8 Å². The van der Waals surface area contributed by atoms with Gasteiger partial charge in [0.25, 0.3) is 5.91 Å². The molecular formula is C28H21N8Na3O11S3. The minimum Gasteiger partial charge on any atom is -0.744 e. The average Bonchev–Trinajstić information content (AvgIpc) is 3.02. The molecule has 0 saturated carbocycles. The summed E-state index contributed by atoms with van der Waals surface area (Å²) in [6, 6.07) is 12.7. The van der Waals surface area contributed by atoms with Gasteiger partial charge in [-0.2, -0.15) is 15.0 Å². The van der Waals surface area contributed by atoms with Crippen LogP contribution >= 0.6 is 0 Å². The molecule has 0 aliphatic carbocycles. The van der Waals surface area contributed by atoms with Crippen molar-refractivity contribution in [1.29, 1.82) is 0 Å². The summed E-state index contributed by atoms with van der Waals surface area (Å²) in [5.41, 5.74) is 3.99. The molecule has 0 bridgehead atoms. The minimum atomic E-state index is -5.54. The number of aromatic nitrogens is 3. The van der Waals surface area contributed by atoms with E-state index in [2.05, 4.69) is 30.5 Å². The Morgan fingerprint density at radius 2 is 1.45 bits per heavy atom. The van der Waals surface area contributed by atoms with E-state index in [1.54, 1.807) is 0 Å². The molecule has 5 aromatic rings. The number of hydrogen-bond donors (Lipinski definition) is 3. The van der Waals surface area contributed by atoms with Crippen molar-refractivity contribution in [2.45, 2.75) is 21.6 Å². The standard InChI is InChI=1S/C28H24N8O11S3.3Na/c1-14-30-27(33-28(31-14)36(2)15-6-5-7-16(12-15)48(39,40)41)32-20-10-11-21(49(42,43)44)18-13-22(50(45,46)47)24(25(37)23(18)20)35-34-19-9-4-3-8-17(19)26(29)38;;;/h3-13,37H,1-2H3,(H2,29,38)(H,39,40,41)(H,42,43,44)(H,45,46,47)(H,30,31,32,33);;;/q;3*+1/p-3. The van der Waals surface area contributed by atoms with E-state index in [4.69, 9.17) is 5.73 Å². The molecule has 5 rings (SSSR count). The van der Waals surface area contributed by atoms with Crippen molar-refractivity contribution < 1.29 is 137 Å². The number of carbonyl (C=O) groups is 1. The van der Waals surface area contributed by atoms with Crippen molar-refractivity contribution in [3.63, 3.8) is 0 Å². The zero-order chi connectivity index (χ0) is 36.8. The maximum Gasteiger partial charge on any atom is 1.00 e. The smallest absolute Gasteiger partial charge is 0.744 e. The van der Waals surface area contributed by atoms with E-state index in [-0.39, 0.29) is 129 Å². The van der Waals surface area contributed by atoms with Gasteiger partial charge < -0.3 is 34.7 Å². The van der Waals surface area contributed by atoms with Crippen LogP contribution in [-0.2, 0) is 30.4 Å². The van der Waals surface area contributed by atoms with Crippen molar-refractivity contribution in [3.8, 4) is 5.75 Å². The van der Waals surface area contributed by atoms with Crippen molar-refractivity contribution in [3.05, 3.63) is 78.1 Å². The first-order valence-corrected chi connectivity index (χ1v) is 17.8. The summed E-state index contributed by atoms with van der Waals surface area (Å²) in [6.45, 7) is 1.46. The number of nitrogens with zero attached hydrogens (tertiary/aromatic N) is 6. The van der Waals surface area contributed by atoms with Crippen molar-refractivity contribution >= 4 is 81.7 Å². The Bertz CT molecular complexity index is 2600. The summed E-state index contributed by atoms with van der Waals surface area (Å²) >= 11 is 0. The normalized spacial score (nSPS) is 11.6. The van der Waals surface area contributed by atoms with Crippen LogP contribution in [0.3, 0.4) is 0 Å². The summed E-state index contributed by atoms with van der Waals surface area (Å²) in [7, 11) is -14.2. The number of anilines is 4. The van der Waals surface area contributed by atoms with E-state index in [1.807, 2.05) is 0 Å². The van der Waals surface area contributed by atoms with Gasteiger partial charge in [0, 0.05) is 18.1 Å². The third kappa shape index (κ3) is 10.6. The van der Waals surface area contributed by atoms with Crippen molar-refractivity contribution in [2.24, 2.45) is 16.0 Å². The number of fused-ring (bicyclic) bond motifs is 1. The number of rotatable bonds is 10. The molecule has 0 aliphatic rings. The predicted octanol–water partition coefficient (Wildman–Crippen LogP) is -6.21. The molecular weight excluding hydrogens is 790 g/mol. The fraction of sp³-hybridized carbons (Fsp3) is 0.0714. The molecule has 4 N–H and O–H groups in total. The third-order valence-electron chi connectivity index (χ3n) is 6.92. The molecule has 1 amide bonds. The third-order valence-corrected chi connectivity index (χ3v) is 9.49. The number of phenols is 1. The monoisotopic (exact) mass is 810 g/mol. The second kappa shape index (κ2) is 17.9. The van der Waals surface area contributed by atoms with E-state index in [0.717, 1.165) is 24.3 Å². The van der Waals surface area contributed by atoms with Crippen LogP contribution in [0.25, 0.3) is 10.8 Å². The number of azo groups is 1. The molecule has 0 aliphatic heterocycles. The molecule has 0 radical (unpaired) electrons. The topological polar surface area (TPSA) is 314 Å². The number of aromatic hydroxyl groups is 1. The Morgan fingerprint density at radius 1 is 0.811 bits per heavy atom. The van der Waals surface area contributed by atoms with Crippen molar-refractivity contribution in [1.82, 2.24) is 15.0 Å². The van der Waals surface area contributed by atoms with Gasteiger partial charge in [-0.1, -0.05) is 18.2 Å². The van der Waals surface area contributed by atoms with Crippen LogP contribution in [0.2, 0.25) is 0 Å². The maximum absolute atomic E-state index is 12.3. The van der Waals surface area contributed by atoms with Crippen LogP contribution < -0.4 is 105 Å². The molecule has 53 heavy (non-hydrogen) atoms. The van der Waals surface area contributed by atoms with Gasteiger partial charge >= 0.3 is 88.7 Å². The Balaban J connectivity index is 0.00000324. The number of nitrogens with two attached hydrogens (primary N) is 1. The Hall–Kier alpha value is -2.65. The molecule has 19 nitrogen and oxygen atoms in total. The second-order valence-electron chi connectivity index (χ2n) is 10.2.